The van der Waals surface area contributed by atoms with Crippen molar-refractivity contribution in [1.82, 2.24) is 9.55 Å². The predicted molar refractivity (Wildman–Crippen MR) is 85.7 cm³/mol. The number of terminal acetylenes is 1. The van der Waals surface area contributed by atoms with Crippen LogP contribution < -0.4 is 11.2 Å². The van der Waals surface area contributed by atoms with E-state index in [1.54, 1.807) is 6.92 Å². The van der Waals surface area contributed by atoms with Gasteiger partial charge in [0.15, 0.2) is 0 Å². The molecule has 1 aromatic rings. The van der Waals surface area contributed by atoms with E-state index in [2.05, 4.69) is 22.7 Å². The summed E-state index contributed by atoms with van der Waals surface area (Å²) in [5.74, 6) is 8.25. The Hall–Kier alpha value is -2.28. The molecule has 1 saturated heterocycles. The molecule has 122 valence electrons. The second kappa shape index (κ2) is 7.82. The van der Waals surface area contributed by atoms with Crippen LogP contribution in [0.3, 0.4) is 0 Å². The Morgan fingerprint density at radius 1 is 1.43 bits per heavy atom. The largest absolute Gasteiger partial charge is 0.390 e. The van der Waals surface area contributed by atoms with Gasteiger partial charge in [0, 0.05) is 25.5 Å². The van der Waals surface area contributed by atoms with Crippen LogP contribution in [-0.4, -0.2) is 26.9 Å². The molecule has 2 heterocycles. The van der Waals surface area contributed by atoms with Gasteiger partial charge in [0.05, 0.1) is 12.2 Å². The number of aromatic nitrogens is 2. The van der Waals surface area contributed by atoms with E-state index in [0.29, 0.717) is 19.3 Å². The Kier molecular flexibility index (Phi) is 5.81. The van der Waals surface area contributed by atoms with Crippen LogP contribution in [0, 0.1) is 24.2 Å². The maximum atomic E-state index is 11.9. The van der Waals surface area contributed by atoms with Crippen molar-refractivity contribution < 1.29 is 9.84 Å². The van der Waals surface area contributed by atoms with Crippen LogP contribution >= 0.6 is 0 Å². The summed E-state index contributed by atoms with van der Waals surface area (Å²) < 4.78 is 6.80. The molecule has 2 N–H and O–H groups in total. The van der Waals surface area contributed by atoms with Gasteiger partial charge in [-0.25, -0.2) is 4.79 Å². The number of unbranched alkanes of at least 4 members (excludes halogenated alkanes) is 3. The number of aliphatic hydroxyl groups is 1. The minimum atomic E-state index is -0.635. The summed E-state index contributed by atoms with van der Waals surface area (Å²) in [5, 5.41) is 9.73. The molecule has 23 heavy (non-hydrogen) atoms. The highest BCUT2D eigenvalue weighted by Gasteiger charge is 2.32. The number of rotatable bonds is 4. The van der Waals surface area contributed by atoms with Crippen LogP contribution in [-0.2, 0) is 4.74 Å². The summed E-state index contributed by atoms with van der Waals surface area (Å²) >= 11 is 0. The van der Waals surface area contributed by atoms with E-state index in [0.717, 1.165) is 12.8 Å². The standard InChI is InChI=1S/C17H20N2O4/c1-3-4-5-6-7-8-9-13-11-19(17(22)18-16(13)21)15-10-14(20)12(2)23-15/h1,11-12,14-15,20H,4-7,10H2,2H3,(H,18,21,22)/t12-,14+,15-/m1/s1. The van der Waals surface area contributed by atoms with Crippen molar-refractivity contribution in [1.29, 1.82) is 0 Å². The number of nitrogens with one attached hydrogen (secondary N) is 1. The lowest BCUT2D eigenvalue weighted by Gasteiger charge is -2.13. The van der Waals surface area contributed by atoms with Crippen LogP contribution in [0.4, 0.5) is 0 Å². The van der Waals surface area contributed by atoms with Gasteiger partial charge in [-0.1, -0.05) is 11.8 Å². The highest BCUT2D eigenvalue weighted by Crippen LogP contribution is 2.26. The van der Waals surface area contributed by atoms with E-state index < -0.39 is 23.6 Å². The summed E-state index contributed by atoms with van der Waals surface area (Å²) in [6.45, 7) is 1.73. The third-order valence-corrected chi connectivity index (χ3v) is 3.73. The van der Waals surface area contributed by atoms with Crippen molar-refractivity contribution in [2.45, 2.75) is 57.5 Å². The summed E-state index contributed by atoms with van der Waals surface area (Å²) in [6.07, 6.45) is 8.38. The van der Waals surface area contributed by atoms with Crippen molar-refractivity contribution in [2.24, 2.45) is 0 Å². The van der Waals surface area contributed by atoms with Crippen LogP contribution in [0.1, 0.15) is 50.8 Å². The van der Waals surface area contributed by atoms with Gasteiger partial charge in [0.25, 0.3) is 5.56 Å². The molecule has 0 unspecified atom stereocenters. The molecule has 3 atom stereocenters. The number of hydrogen-bond acceptors (Lipinski definition) is 4. The molecule has 2 rings (SSSR count). The number of aromatic amines is 1. The van der Waals surface area contributed by atoms with Gasteiger partial charge in [0.1, 0.15) is 11.8 Å². The van der Waals surface area contributed by atoms with Crippen LogP contribution in [0.5, 0.6) is 0 Å². The van der Waals surface area contributed by atoms with E-state index in [1.165, 1.54) is 10.8 Å². The lowest BCUT2D eigenvalue weighted by molar-refractivity contribution is -0.0101. The predicted octanol–water partition coefficient (Wildman–Crippen LogP) is 0.750. The lowest BCUT2D eigenvalue weighted by Crippen LogP contribution is -2.33. The number of nitrogens with zero attached hydrogens (tertiary/aromatic N) is 1. The lowest BCUT2D eigenvalue weighted by atomic mass is 10.2. The van der Waals surface area contributed by atoms with Crippen LogP contribution in [0.2, 0.25) is 0 Å². The van der Waals surface area contributed by atoms with E-state index in [9.17, 15) is 14.7 Å². The zero-order chi connectivity index (χ0) is 16.8. The maximum Gasteiger partial charge on any atom is 0.330 e. The first-order chi connectivity index (χ1) is 11.0. The SMILES string of the molecule is C#CCCCCC#Cc1cn([C@H]2C[C@H](O)[C@@H](C)O2)c(=O)[nH]c1=O. The quantitative estimate of drug-likeness (QED) is 0.634. The summed E-state index contributed by atoms with van der Waals surface area (Å²) in [7, 11) is 0. The molecule has 0 aliphatic carbocycles. The molecule has 6 heteroatoms. The second-order valence-corrected chi connectivity index (χ2v) is 5.52. The molecule has 1 aliphatic rings. The van der Waals surface area contributed by atoms with E-state index in [-0.39, 0.29) is 11.7 Å². The molecular weight excluding hydrogens is 296 g/mol. The molecule has 1 aliphatic heterocycles. The Balaban J connectivity index is 2.14. The molecule has 0 radical (unpaired) electrons. The first kappa shape index (κ1) is 17.1. The van der Waals surface area contributed by atoms with Crippen molar-refractivity contribution in [3.8, 4) is 24.2 Å². The topological polar surface area (TPSA) is 84.3 Å². The number of ether oxygens (including phenoxy) is 1. The van der Waals surface area contributed by atoms with Gasteiger partial charge < -0.3 is 9.84 Å². The zero-order valence-electron chi connectivity index (χ0n) is 13.0. The zero-order valence-corrected chi connectivity index (χ0v) is 13.0. The molecular formula is C17H20N2O4. The molecule has 1 aromatic heterocycles. The third-order valence-electron chi connectivity index (χ3n) is 3.73. The monoisotopic (exact) mass is 316 g/mol. The number of hydrogen-bond donors (Lipinski definition) is 2. The smallest absolute Gasteiger partial charge is 0.330 e. The van der Waals surface area contributed by atoms with E-state index in [1.807, 2.05) is 0 Å². The van der Waals surface area contributed by atoms with E-state index >= 15 is 0 Å². The molecule has 1 fully saturated rings. The van der Waals surface area contributed by atoms with Gasteiger partial charge >= 0.3 is 5.69 Å². The Labute approximate surface area is 134 Å². The number of H-pyrrole nitrogens is 1. The van der Waals surface area contributed by atoms with Crippen LogP contribution in [0.15, 0.2) is 15.8 Å². The van der Waals surface area contributed by atoms with Crippen molar-refractivity contribution in [2.75, 3.05) is 0 Å². The molecule has 0 saturated carbocycles. The van der Waals surface area contributed by atoms with Crippen LogP contribution in [0.25, 0.3) is 0 Å². The summed E-state index contributed by atoms with van der Waals surface area (Å²) in [4.78, 5) is 26.0. The first-order valence-electron chi connectivity index (χ1n) is 7.64. The van der Waals surface area contributed by atoms with E-state index in [4.69, 9.17) is 11.2 Å². The Morgan fingerprint density at radius 3 is 2.83 bits per heavy atom. The molecule has 6 nitrogen and oxygen atoms in total. The third kappa shape index (κ3) is 4.35. The van der Waals surface area contributed by atoms with Gasteiger partial charge in [-0.2, -0.15) is 0 Å². The summed E-state index contributed by atoms with van der Waals surface area (Å²) in [6, 6.07) is 0. The van der Waals surface area contributed by atoms with Gasteiger partial charge in [-0.15, -0.1) is 12.3 Å². The molecule has 0 amide bonds. The highest BCUT2D eigenvalue weighted by molar-refractivity contribution is 5.29. The van der Waals surface area contributed by atoms with Crippen molar-refractivity contribution >= 4 is 0 Å². The maximum absolute atomic E-state index is 11.9. The molecule has 0 aromatic carbocycles. The average Bonchev–Trinajstić information content (AvgIpc) is 2.84. The average molecular weight is 316 g/mol. The van der Waals surface area contributed by atoms with Gasteiger partial charge in [-0.3, -0.25) is 14.3 Å². The molecule has 0 bridgehead atoms. The fourth-order valence-electron chi connectivity index (χ4n) is 2.36. The Morgan fingerprint density at radius 2 is 2.17 bits per heavy atom. The summed E-state index contributed by atoms with van der Waals surface area (Å²) in [5.41, 5.74) is -0.881. The highest BCUT2D eigenvalue weighted by atomic mass is 16.5. The first-order valence-corrected chi connectivity index (χ1v) is 7.64. The minimum Gasteiger partial charge on any atom is -0.390 e. The second-order valence-electron chi connectivity index (χ2n) is 5.52. The minimum absolute atomic E-state index is 0.208. The van der Waals surface area contributed by atoms with Crippen molar-refractivity contribution in [3.05, 3.63) is 32.6 Å². The van der Waals surface area contributed by atoms with Crippen molar-refractivity contribution in [3.63, 3.8) is 0 Å². The Bertz CT molecular complexity index is 750. The normalized spacial score (nSPS) is 23.1. The number of aliphatic hydroxyl groups excluding tert-OH is 1. The molecule has 0 spiro atoms. The van der Waals surface area contributed by atoms with Gasteiger partial charge in [0.2, 0.25) is 0 Å². The fourth-order valence-corrected chi connectivity index (χ4v) is 2.36. The van der Waals surface area contributed by atoms with Gasteiger partial charge in [-0.05, 0) is 19.8 Å². The fraction of sp³-hybridized carbons (Fsp3) is 0.529.